The molecule has 1 saturated heterocycles. The van der Waals surface area contributed by atoms with E-state index in [4.69, 9.17) is 4.74 Å². The Hall–Kier alpha value is -1.86. The molecule has 5 nitrogen and oxygen atoms in total. The van der Waals surface area contributed by atoms with E-state index in [2.05, 4.69) is 58.1 Å². The molecule has 0 amide bonds. The third kappa shape index (κ3) is 7.34. The lowest BCUT2D eigenvalue weighted by atomic mass is 9.92. The van der Waals surface area contributed by atoms with Crippen molar-refractivity contribution < 1.29 is 10.2 Å². The topological polar surface area (TPSA) is 77.7 Å². The van der Waals surface area contributed by atoms with Crippen LogP contribution in [0.1, 0.15) is 30.0 Å². The number of hydrogen-bond acceptors (Lipinski definition) is 4. The summed E-state index contributed by atoms with van der Waals surface area (Å²) >= 11 is 0. The molecule has 2 unspecified atom stereocenters. The lowest BCUT2D eigenvalue weighted by Gasteiger charge is -2.34. The quantitative estimate of drug-likeness (QED) is 0.510. The Kier molecular flexibility index (Phi) is 14.2. The van der Waals surface area contributed by atoms with Crippen LogP contribution in [0.4, 0.5) is 0 Å². The molecule has 1 fully saturated rings. The van der Waals surface area contributed by atoms with Gasteiger partial charge in [0, 0.05) is 36.0 Å². The summed E-state index contributed by atoms with van der Waals surface area (Å²) in [5, 5.41) is 7.46. The fraction of sp³-hybridized carbons (Fsp3) is 0.292. The number of piperidine rings is 1. The van der Waals surface area contributed by atoms with Gasteiger partial charge < -0.3 is 20.8 Å². The number of halogens is 3. The predicted octanol–water partition coefficient (Wildman–Crippen LogP) is 4.78. The third-order valence-electron chi connectivity index (χ3n) is 5.41. The van der Waals surface area contributed by atoms with Gasteiger partial charge in [-0.05, 0) is 55.3 Å². The van der Waals surface area contributed by atoms with Crippen molar-refractivity contribution in [2.24, 2.45) is 0 Å². The van der Waals surface area contributed by atoms with Gasteiger partial charge in [-0.15, -0.1) is 37.2 Å². The first-order valence-corrected chi connectivity index (χ1v) is 9.95. The van der Waals surface area contributed by atoms with Gasteiger partial charge in [0.25, 0.3) is 0 Å². The van der Waals surface area contributed by atoms with E-state index < -0.39 is 0 Å². The van der Waals surface area contributed by atoms with E-state index in [0.29, 0.717) is 12.1 Å². The lowest BCUT2D eigenvalue weighted by Crippen LogP contribution is -2.45. The average Bonchev–Trinajstić information content (AvgIpc) is 2.79. The van der Waals surface area contributed by atoms with Gasteiger partial charge in [-0.25, -0.2) is 0 Å². The molecule has 0 saturated carbocycles. The van der Waals surface area contributed by atoms with Crippen LogP contribution in [0, 0.1) is 0 Å². The third-order valence-corrected chi connectivity index (χ3v) is 5.41. The Morgan fingerprint density at radius 1 is 1.00 bits per heavy atom. The van der Waals surface area contributed by atoms with E-state index >= 15 is 0 Å². The Morgan fingerprint density at radius 2 is 1.75 bits per heavy atom. The van der Waals surface area contributed by atoms with Gasteiger partial charge in [0.05, 0.1) is 12.8 Å². The number of nitrogens with one attached hydrogen (secondary N) is 2. The van der Waals surface area contributed by atoms with Crippen molar-refractivity contribution >= 4 is 37.2 Å². The van der Waals surface area contributed by atoms with Crippen molar-refractivity contribution in [3.05, 3.63) is 84.1 Å². The predicted molar refractivity (Wildman–Crippen MR) is 139 cm³/mol. The fourth-order valence-electron chi connectivity index (χ4n) is 3.97. The molecule has 2 aromatic carbocycles. The summed E-state index contributed by atoms with van der Waals surface area (Å²) in [6.45, 7) is 1.83. The maximum absolute atomic E-state index is 5.61. The van der Waals surface area contributed by atoms with Gasteiger partial charge >= 0.3 is 0 Å². The highest BCUT2D eigenvalue weighted by Crippen LogP contribution is 2.28. The number of aromatic nitrogens is 1. The molecule has 2 heterocycles. The second-order valence-electron chi connectivity index (χ2n) is 7.21. The van der Waals surface area contributed by atoms with E-state index in [1.165, 1.54) is 12.0 Å². The highest BCUT2D eigenvalue weighted by Gasteiger charge is 2.25. The van der Waals surface area contributed by atoms with Crippen LogP contribution in [0.3, 0.4) is 0 Å². The van der Waals surface area contributed by atoms with Gasteiger partial charge in [-0.3, -0.25) is 4.98 Å². The molecule has 0 spiro atoms. The van der Waals surface area contributed by atoms with Crippen molar-refractivity contribution in [3.8, 4) is 17.0 Å². The highest BCUT2D eigenvalue weighted by molar-refractivity contribution is 5.86. The van der Waals surface area contributed by atoms with E-state index in [-0.39, 0.29) is 42.7 Å². The molecule has 1 aliphatic rings. The SMILES string of the molecule is COc1ccc(-c2ccccn2)cc1CNC1CCCNC1c1ccccc1.Cl.Cl.Cl.O. The molecule has 32 heavy (non-hydrogen) atoms. The van der Waals surface area contributed by atoms with Crippen LogP contribution in [-0.2, 0) is 6.54 Å². The van der Waals surface area contributed by atoms with Gasteiger partial charge in [0.15, 0.2) is 0 Å². The van der Waals surface area contributed by atoms with Crippen LogP contribution >= 0.6 is 37.2 Å². The zero-order valence-corrected chi connectivity index (χ0v) is 20.4. The first-order chi connectivity index (χ1) is 13.8. The maximum Gasteiger partial charge on any atom is 0.123 e. The number of pyridine rings is 1. The summed E-state index contributed by atoms with van der Waals surface area (Å²) < 4.78 is 5.61. The number of nitrogens with zero attached hydrogens (tertiary/aromatic N) is 1. The molecule has 1 aliphatic heterocycles. The van der Waals surface area contributed by atoms with Crippen molar-refractivity contribution in [1.29, 1.82) is 0 Å². The minimum Gasteiger partial charge on any atom is -0.496 e. The summed E-state index contributed by atoms with van der Waals surface area (Å²) in [7, 11) is 1.73. The van der Waals surface area contributed by atoms with Gasteiger partial charge in [-0.1, -0.05) is 36.4 Å². The largest absolute Gasteiger partial charge is 0.496 e. The Morgan fingerprint density at radius 3 is 2.44 bits per heavy atom. The summed E-state index contributed by atoms with van der Waals surface area (Å²) in [5.41, 5.74) is 4.59. The summed E-state index contributed by atoms with van der Waals surface area (Å²) in [6.07, 6.45) is 4.18. The van der Waals surface area contributed by atoms with Crippen LogP contribution in [0.5, 0.6) is 5.75 Å². The molecule has 0 bridgehead atoms. The van der Waals surface area contributed by atoms with Crippen LogP contribution in [-0.4, -0.2) is 30.2 Å². The highest BCUT2D eigenvalue weighted by atomic mass is 35.5. The zero-order chi connectivity index (χ0) is 19.2. The fourth-order valence-corrected chi connectivity index (χ4v) is 3.97. The molecular weight excluding hydrogens is 469 g/mol. The van der Waals surface area contributed by atoms with E-state index in [9.17, 15) is 0 Å². The Bertz CT molecular complexity index is 902. The minimum atomic E-state index is 0. The smallest absolute Gasteiger partial charge is 0.123 e. The summed E-state index contributed by atoms with van der Waals surface area (Å²) in [5.74, 6) is 0.909. The first-order valence-electron chi connectivity index (χ1n) is 9.95. The first kappa shape index (κ1) is 30.1. The molecule has 3 aromatic rings. The van der Waals surface area contributed by atoms with Crippen molar-refractivity contribution in [1.82, 2.24) is 15.6 Å². The van der Waals surface area contributed by atoms with Gasteiger partial charge in [0.1, 0.15) is 5.75 Å². The standard InChI is InChI=1S/C24H27N3O.3ClH.H2O/c1-28-23-13-12-19(21-10-5-6-14-25-21)16-20(23)17-27-22-11-7-15-26-24(22)18-8-3-2-4-9-18;;;;/h2-6,8-10,12-14,16,22,24,26-27H,7,11,15,17H2,1H3;3*1H;1H2. The second kappa shape index (κ2) is 15.1. The average molecular weight is 501 g/mol. The molecule has 4 rings (SSSR count). The normalized spacial score (nSPS) is 16.9. The van der Waals surface area contributed by atoms with Crippen molar-refractivity contribution in [2.45, 2.75) is 31.5 Å². The summed E-state index contributed by atoms with van der Waals surface area (Å²) in [4.78, 5) is 4.48. The molecule has 2 atom stereocenters. The van der Waals surface area contributed by atoms with E-state index in [1.54, 1.807) is 7.11 Å². The number of benzene rings is 2. The molecule has 0 radical (unpaired) electrons. The van der Waals surface area contributed by atoms with E-state index in [0.717, 1.165) is 42.1 Å². The molecule has 4 N–H and O–H groups in total. The molecule has 8 heteroatoms. The van der Waals surface area contributed by atoms with Gasteiger partial charge in [0.2, 0.25) is 0 Å². The Labute approximate surface area is 208 Å². The number of rotatable bonds is 6. The lowest BCUT2D eigenvalue weighted by molar-refractivity contribution is 0.303. The number of hydrogen-bond donors (Lipinski definition) is 2. The monoisotopic (exact) mass is 499 g/mol. The number of methoxy groups -OCH3 is 1. The second-order valence-corrected chi connectivity index (χ2v) is 7.21. The van der Waals surface area contributed by atoms with Gasteiger partial charge in [-0.2, -0.15) is 0 Å². The van der Waals surface area contributed by atoms with Crippen LogP contribution in [0.2, 0.25) is 0 Å². The van der Waals surface area contributed by atoms with Crippen LogP contribution in [0.25, 0.3) is 11.3 Å². The maximum atomic E-state index is 5.61. The van der Waals surface area contributed by atoms with E-state index in [1.807, 2.05) is 30.5 Å². The zero-order valence-electron chi connectivity index (χ0n) is 18.0. The van der Waals surface area contributed by atoms with Crippen LogP contribution in [0.15, 0.2) is 72.9 Å². The minimum absolute atomic E-state index is 0. The van der Waals surface area contributed by atoms with Crippen LogP contribution < -0.4 is 15.4 Å². The van der Waals surface area contributed by atoms with Crippen molar-refractivity contribution in [3.63, 3.8) is 0 Å². The molecular formula is C24H32Cl3N3O2. The molecule has 176 valence electrons. The number of ether oxygens (including phenoxy) is 1. The van der Waals surface area contributed by atoms with Crippen molar-refractivity contribution in [2.75, 3.05) is 13.7 Å². The Balaban J connectivity index is 0.00000240. The summed E-state index contributed by atoms with van der Waals surface area (Å²) in [6, 6.07) is 23.7. The molecule has 1 aromatic heterocycles. The molecule has 0 aliphatic carbocycles.